The number of Topliss-reactive ketones (excluding diaryl/α,β-unsaturated/α-hetero) is 2. The van der Waals surface area contributed by atoms with Crippen LogP contribution in [0, 0.1) is 11.8 Å². The SMILES string of the molecule is C=C(CN1CCN(C)CC1)C(=O)CC[C@@H](NC(=O)[C@@H](CC(=O)CCC)Cc1nc2ccc(CC)cc2s1)C1CCOCC1. The van der Waals surface area contributed by atoms with Crippen LogP contribution in [0.15, 0.2) is 30.4 Å². The lowest BCUT2D eigenvalue weighted by atomic mass is 9.86. The lowest BCUT2D eigenvalue weighted by Crippen LogP contribution is -2.46. The number of piperazine rings is 1. The van der Waals surface area contributed by atoms with E-state index in [-0.39, 0.29) is 35.9 Å². The highest BCUT2D eigenvalue weighted by Crippen LogP contribution is 2.28. The second-order valence-electron chi connectivity index (χ2n) is 12.4. The van der Waals surface area contributed by atoms with Gasteiger partial charge in [-0.2, -0.15) is 0 Å². The maximum atomic E-state index is 13.9. The van der Waals surface area contributed by atoms with E-state index in [1.165, 1.54) is 5.56 Å². The van der Waals surface area contributed by atoms with Gasteiger partial charge in [0.1, 0.15) is 5.78 Å². The van der Waals surface area contributed by atoms with Crippen molar-refractivity contribution in [3.8, 4) is 0 Å². The number of ether oxygens (including phenoxy) is 1. The summed E-state index contributed by atoms with van der Waals surface area (Å²) in [6.45, 7) is 14.0. The minimum absolute atomic E-state index is 0.0702. The van der Waals surface area contributed by atoms with Crippen molar-refractivity contribution in [3.05, 3.63) is 40.9 Å². The Balaban J connectivity index is 1.43. The Labute approximate surface area is 261 Å². The molecule has 0 radical (unpaired) electrons. The molecule has 43 heavy (non-hydrogen) atoms. The zero-order valence-corrected chi connectivity index (χ0v) is 27.2. The molecular formula is C34H50N4O4S. The Morgan fingerprint density at radius 2 is 1.86 bits per heavy atom. The van der Waals surface area contributed by atoms with E-state index in [1.54, 1.807) is 11.3 Å². The van der Waals surface area contributed by atoms with Crippen LogP contribution >= 0.6 is 11.3 Å². The van der Waals surface area contributed by atoms with E-state index in [9.17, 15) is 14.4 Å². The van der Waals surface area contributed by atoms with Gasteiger partial charge in [0.2, 0.25) is 5.91 Å². The smallest absolute Gasteiger partial charge is 0.224 e. The van der Waals surface area contributed by atoms with Crippen molar-refractivity contribution in [1.82, 2.24) is 20.1 Å². The Morgan fingerprint density at radius 3 is 2.56 bits per heavy atom. The highest BCUT2D eigenvalue weighted by Gasteiger charge is 2.31. The Hall–Kier alpha value is -2.46. The van der Waals surface area contributed by atoms with E-state index in [4.69, 9.17) is 9.72 Å². The number of nitrogens with zero attached hydrogens (tertiary/aromatic N) is 3. The van der Waals surface area contributed by atoms with Crippen LogP contribution in [0.4, 0.5) is 0 Å². The normalized spacial score (nSPS) is 18.4. The molecule has 9 heteroatoms. The molecule has 1 N–H and O–H groups in total. The highest BCUT2D eigenvalue weighted by molar-refractivity contribution is 7.18. The standard InChI is InChI=1S/C34H50N4O4S/c1-5-7-28(39)21-27(22-33-35-30-9-8-25(6-2)20-32(30)43-33)34(41)36-29(26-12-18-42-19-13-26)10-11-31(40)24(3)23-38-16-14-37(4)15-17-38/h8-9,20,26-27,29H,3,5-7,10-19,21-23H2,1-2,4H3,(H,36,41)/t27-,29+/m0/s1. The molecule has 2 saturated heterocycles. The third-order valence-electron chi connectivity index (χ3n) is 8.95. The number of carbonyl (C=O) groups excluding carboxylic acids is 3. The van der Waals surface area contributed by atoms with Crippen LogP contribution in [0.25, 0.3) is 10.2 Å². The zero-order chi connectivity index (χ0) is 30.8. The van der Waals surface area contributed by atoms with E-state index in [1.807, 2.05) is 13.0 Å². The summed E-state index contributed by atoms with van der Waals surface area (Å²) in [5.74, 6) is -0.192. The average molecular weight is 611 g/mol. The predicted molar refractivity (Wildman–Crippen MR) is 174 cm³/mol. The number of aryl methyl sites for hydroxylation is 1. The van der Waals surface area contributed by atoms with Crippen LogP contribution in [0.5, 0.6) is 0 Å². The predicted octanol–water partition coefficient (Wildman–Crippen LogP) is 4.84. The molecule has 3 heterocycles. The van der Waals surface area contributed by atoms with Crippen molar-refractivity contribution in [2.75, 3.05) is 53.0 Å². The van der Waals surface area contributed by atoms with Crippen LogP contribution in [-0.4, -0.2) is 91.3 Å². The number of thiazole rings is 1. The van der Waals surface area contributed by atoms with E-state index in [2.05, 4.69) is 47.8 Å². The van der Waals surface area contributed by atoms with Gasteiger partial charge in [0.15, 0.2) is 5.78 Å². The Morgan fingerprint density at radius 1 is 1.12 bits per heavy atom. The topological polar surface area (TPSA) is 91.8 Å². The number of rotatable bonds is 16. The van der Waals surface area contributed by atoms with Gasteiger partial charge in [-0.1, -0.05) is 26.5 Å². The molecule has 2 atom stereocenters. The molecule has 2 aromatic rings. The Bertz CT molecular complexity index is 1250. The van der Waals surface area contributed by atoms with Crippen LogP contribution in [-0.2, 0) is 32.0 Å². The number of ketones is 2. The fraction of sp³-hybridized carbons (Fsp3) is 0.647. The number of aromatic nitrogens is 1. The number of nitrogens with one attached hydrogen (secondary N) is 1. The number of fused-ring (bicyclic) bond motifs is 1. The number of amides is 1. The van der Waals surface area contributed by atoms with Crippen LogP contribution < -0.4 is 5.32 Å². The molecule has 2 aliphatic rings. The van der Waals surface area contributed by atoms with Crippen molar-refractivity contribution >= 4 is 39.0 Å². The van der Waals surface area contributed by atoms with Gasteiger partial charge in [0, 0.05) is 83.2 Å². The van der Waals surface area contributed by atoms with Gasteiger partial charge in [0.25, 0.3) is 0 Å². The molecule has 4 rings (SSSR count). The summed E-state index contributed by atoms with van der Waals surface area (Å²) in [4.78, 5) is 49.2. The summed E-state index contributed by atoms with van der Waals surface area (Å²) in [5.41, 5.74) is 2.84. The second kappa shape index (κ2) is 16.6. The maximum absolute atomic E-state index is 13.9. The largest absolute Gasteiger partial charge is 0.381 e. The lowest BCUT2D eigenvalue weighted by Gasteiger charge is -2.33. The van der Waals surface area contributed by atoms with Gasteiger partial charge >= 0.3 is 0 Å². The second-order valence-corrected chi connectivity index (χ2v) is 13.5. The van der Waals surface area contributed by atoms with Crippen LogP contribution in [0.2, 0.25) is 0 Å². The van der Waals surface area contributed by atoms with Crippen LogP contribution in [0.3, 0.4) is 0 Å². The summed E-state index contributed by atoms with van der Waals surface area (Å²) in [6, 6.07) is 6.16. The van der Waals surface area contributed by atoms with Crippen molar-refractivity contribution in [2.24, 2.45) is 11.8 Å². The van der Waals surface area contributed by atoms with Crippen molar-refractivity contribution in [3.63, 3.8) is 0 Å². The third-order valence-corrected chi connectivity index (χ3v) is 9.99. The molecule has 2 aliphatic heterocycles. The number of carbonyl (C=O) groups is 3. The Kier molecular flexibility index (Phi) is 12.9. The molecule has 1 amide bonds. The first-order chi connectivity index (χ1) is 20.7. The van der Waals surface area contributed by atoms with E-state index < -0.39 is 5.92 Å². The summed E-state index contributed by atoms with van der Waals surface area (Å²) in [6.07, 6.45) is 5.44. The third kappa shape index (κ3) is 10.0. The number of likely N-dealkylation sites (N-methyl/N-ethyl adjacent to an activating group) is 1. The summed E-state index contributed by atoms with van der Waals surface area (Å²) in [7, 11) is 2.12. The summed E-state index contributed by atoms with van der Waals surface area (Å²) < 4.78 is 6.72. The highest BCUT2D eigenvalue weighted by atomic mass is 32.1. The molecule has 0 saturated carbocycles. The minimum Gasteiger partial charge on any atom is -0.381 e. The minimum atomic E-state index is -0.490. The fourth-order valence-electron chi connectivity index (χ4n) is 6.12. The quantitative estimate of drug-likeness (QED) is 0.272. The fourth-order valence-corrected chi connectivity index (χ4v) is 7.23. The molecule has 1 aromatic heterocycles. The van der Waals surface area contributed by atoms with Crippen molar-refractivity contribution < 1.29 is 19.1 Å². The van der Waals surface area contributed by atoms with Gasteiger partial charge in [-0.15, -0.1) is 11.3 Å². The molecule has 8 nitrogen and oxygen atoms in total. The number of benzene rings is 1. The van der Waals surface area contributed by atoms with Crippen molar-refractivity contribution in [1.29, 1.82) is 0 Å². The molecule has 0 bridgehead atoms. The van der Waals surface area contributed by atoms with Gasteiger partial charge in [0.05, 0.1) is 21.1 Å². The molecule has 1 aromatic carbocycles. The lowest BCUT2D eigenvalue weighted by molar-refractivity contribution is -0.130. The molecule has 236 valence electrons. The first kappa shape index (κ1) is 33.4. The number of hydrogen-bond acceptors (Lipinski definition) is 8. The molecular weight excluding hydrogens is 560 g/mol. The monoisotopic (exact) mass is 610 g/mol. The van der Waals surface area contributed by atoms with Crippen molar-refractivity contribution in [2.45, 2.75) is 77.7 Å². The van der Waals surface area contributed by atoms with Crippen LogP contribution in [0.1, 0.15) is 69.4 Å². The van der Waals surface area contributed by atoms with Gasteiger partial charge in [-0.3, -0.25) is 19.3 Å². The molecule has 0 aliphatic carbocycles. The average Bonchev–Trinajstić information content (AvgIpc) is 3.41. The molecule has 2 fully saturated rings. The van der Waals surface area contributed by atoms with E-state index in [0.29, 0.717) is 51.0 Å². The summed E-state index contributed by atoms with van der Waals surface area (Å²) in [5, 5.41) is 4.20. The molecule has 0 unspecified atom stereocenters. The van der Waals surface area contributed by atoms with E-state index in [0.717, 1.165) is 67.1 Å². The first-order valence-corrected chi connectivity index (χ1v) is 17.0. The van der Waals surface area contributed by atoms with E-state index >= 15 is 0 Å². The van der Waals surface area contributed by atoms with Gasteiger partial charge in [-0.05, 0) is 62.8 Å². The maximum Gasteiger partial charge on any atom is 0.224 e. The number of hydrogen-bond donors (Lipinski definition) is 1. The van der Waals surface area contributed by atoms with Gasteiger partial charge < -0.3 is 15.0 Å². The van der Waals surface area contributed by atoms with Gasteiger partial charge in [-0.25, -0.2) is 4.98 Å². The molecule has 0 spiro atoms. The first-order valence-electron chi connectivity index (χ1n) is 16.2. The zero-order valence-electron chi connectivity index (χ0n) is 26.4. The summed E-state index contributed by atoms with van der Waals surface area (Å²) >= 11 is 1.61.